The van der Waals surface area contributed by atoms with E-state index in [1.165, 1.54) is 6.07 Å². The van der Waals surface area contributed by atoms with Gasteiger partial charge in [0, 0.05) is 5.69 Å². The van der Waals surface area contributed by atoms with Crippen LogP contribution in [-0.4, -0.2) is 5.11 Å². The molecule has 0 aliphatic heterocycles. The van der Waals surface area contributed by atoms with Gasteiger partial charge >= 0.3 is 6.18 Å². The third-order valence-corrected chi connectivity index (χ3v) is 3.92. The van der Waals surface area contributed by atoms with Gasteiger partial charge in [-0.05, 0) is 62.3 Å². The molecule has 0 aromatic heterocycles. The monoisotopic (exact) mass is 352 g/mol. The summed E-state index contributed by atoms with van der Waals surface area (Å²) in [6.07, 6.45) is -4.38. The van der Waals surface area contributed by atoms with Gasteiger partial charge in [0.25, 0.3) is 0 Å². The molecular weight excluding hydrogens is 333 g/mol. The molecule has 0 spiro atoms. The first-order chi connectivity index (χ1) is 11.2. The van der Waals surface area contributed by atoms with Gasteiger partial charge in [-0.2, -0.15) is 13.2 Å². The van der Waals surface area contributed by atoms with Gasteiger partial charge in [-0.3, -0.25) is 0 Å². The lowest BCUT2D eigenvalue weighted by molar-refractivity contribution is -0.137. The maximum atomic E-state index is 12.7. The minimum Gasteiger partial charge on any atom is -0.356 e. The minimum absolute atomic E-state index is 0.0595. The topological polar surface area (TPSA) is 24.1 Å². The van der Waals surface area contributed by atoms with Gasteiger partial charge < -0.3 is 10.6 Å². The molecule has 2 aromatic carbocycles. The quantitative estimate of drug-likeness (QED) is 0.726. The molecule has 6 heteroatoms. The molecule has 2 rings (SSSR count). The highest BCUT2D eigenvalue weighted by Crippen LogP contribution is 2.30. The Kier molecular flexibility index (Phi) is 5.49. The van der Waals surface area contributed by atoms with E-state index in [1.807, 2.05) is 32.9 Å². The Bertz CT molecular complexity index is 741. The molecule has 0 heterocycles. The lowest BCUT2D eigenvalue weighted by Crippen LogP contribution is -2.31. The van der Waals surface area contributed by atoms with E-state index in [0.29, 0.717) is 5.69 Å². The highest BCUT2D eigenvalue weighted by molar-refractivity contribution is 7.80. The summed E-state index contributed by atoms with van der Waals surface area (Å²) in [5.74, 6) is 0. The second kappa shape index (κ2) is 7.21. The summed E-state index contributed by atoms with van der Waals surface area (Å²) in [6.45, 7) is 5.98. The van der Waals surface area contributed by atoms with Crippen molar-refractivity contribution in [3.8, 4) is 0 Å². The summed E-state index contributed by atoms with van der Waals surface area (Å²) >= 11 is 5.22. The smallest absolute Gasteiger partial charge is 0.356 e. The van der Waals surface area contributed by atoms with Gasteiger partial charge in [0.1, 0.15) is 0 Å². The highest BCUT2D eigenvalue weighted by Gasteiger charge is 2.30. The van der Waals surface area contributed by atoms with Crippen molar-refractivity contribution in [2.24, 2.45) is 0 Å². The average Bonchev–Trinajstić information content (AvgIpc) is 2.49. The van der Waals surface area contributed by atoms with E-state index < -0.39 is 11.7 Å². The number of benzene rings is 2. The second-order valence-electron chi connectivity index (χ2n) is 5.76. The molecule has 24 heavy (non-hydrogen) atoms. The van der Waals surface area contributed by atoms with Crippen LogP contribution in [0.25, 0.3) is 0 Å². The van der Waals surface area contributed by atoms with Gasteiger partial charge in [-0.15, -0.1) is 0 Å². The molecule has 0 saturated carbocycles. The molecular formula is C18H19F3N2S. The highest BCUT2D eigenvalue weighted by atomic mass is 32.1. The van der Waals surface area contributed by atoms with Gasteiger partial charge in [0.15, 0.2) is 5.11 Å². The van der Waals surface area contributed by atoms with E-state index in [9.17, 15) is 13.2 Å². The number of rotatable bonds is 3. The Labute approximate surface area is 145 Å². The zero-order valence-electron chi connectivity index (χ0n) is 13.7. The van der Waals surface area contributed by atoms with Crippen molar-refractivity contribution in [3.05, 3.63) is 64.7 Å². The van der Waals surface area contributed by atoms with Crippen LogP contribution in [0.4, 0.5) is 18.9 Å². The van der Waals surface area contributed by atoms with Gasteiger partial charge in [0.05, 0.1) is 11.6 Å². The lowest BCUT2D eigenvalue weighted by atomic mass is 10.0. The van der Waals surface area contributed by atoms with Crippen molar-refractivity contribution in [1.29, 1.82) is 0 Å². The molecule has 2 nitrogen and oxygen atoms in total. The zero-order valence-corrected chi connectivity index (χ0v) is 14.5. The van der Waals surface area contributed by atoms with Crippen molar-refractivity contribution < 1.29 is 13.2 Å². The summed E-state index contributed by atoms with van der Waals surface area (Å²) in [5.41, 5.74) is 2.96. The Morgan fingerprint density at radius 1 is 1.08 bits per heavy atom. The Balaban J connectivity index is 2.07. The number of aryl methyl sites for hydroxylation is 2. The molecule has 2 aromatic rings. The zero-order chi connectivity index (χ0) is 17.9. The van der Waals surface area contributed by atoms with Crippen LogP contribution in [0.1, 0.15) is 35.2 Å². The largest absolute Gasteiger partial charge is 0.416 e. The van der Waals surface area contributed by atoms with Crippen LogP contribution in [0.2, 0.25) is 0 Å². The number of hydrogen-bond donors (Lipinski definition) is 2. The molecule has 0 aliphatic carbocycles. The van der Waals surface area contributed by atoms with Crippen LogP contribution < -0.4 is 10.6 Å². The minimum atomic E-state index is -4.38. The third-order valence-electron chi connectivity index (χ3n) is 3.70. The van der Waals surface area contributed by atoms with Crippen molar-refractivity contribution in [1.82, 2.24) is 5.32 Å². The Hall–Kier alpha value is -2.08. The van der Waals surface area contributed by atoms with Crippen molar-refractivity contribution in [2.75, 3.05) is 5.32 Å². The van der Waals surface area contributed by atoms with Crippen LogP contribution in [0, 0.1) is 13.8 Å². The summed E-state index contributed by atoms with van der Waals surface area (Å²) < 4.78 is 38.2. The van der Waals surface area contributed by atoms with Crippen LogP contribution in [0.3, 0.4) is 0 Å². The van der Waals surface area contributed by atoms with Crippen LogP contribution in [0.5, 0.6) is 0 Å². The van der Waals surface area contributed by atoms with E-state index in [2.05, 4.69) is 16.7 Å². The standard InChI is InChI=1S/C18H19F3N2S/c1-11-7-8-12(2)16(9-11)13(3)22-17(24)23-15-6-4-5-14(10-15)18(19,20)21/h4-10,13H,1-3H3,(H2,22,23,24)/t13-/m0/s1. The fraction of sp³-hybridized carbons (Fsp3) is 0.278. The first kappa shape index (κ1) is 18.3. The van der Waals surface area contributed by atoms with Crippen molar-refractivity contribution in [3.63, 3.8) is 0 Å². The maximum Gasteiger partial charge on any atom is 0.416 e. The van der Waals surface area contributed by atoms with E-state index in [4.69, 9.17) is 12.2 Å². The lowest BCUT2D eigenvalue weighted by Gasteiger charge is -2.20. The van der Waals surface area contributed by atoms with E-state index in [-0.39, 0.29) is 11.2 Å². The fourth-order valence-corrected chi connectivity index (χ4v) is 2.74. The molecule has 0 amide bonds. The summed E-state index contributed by atoms with van der Waals surface area (Å²) in [6, 6.07) is 11.0. The van der Waals surface area contributed by atoms with Crippen molar-refractivity contribution >= 4 is 23.0 Å². The first-order valence-electron chi connectivity index (χ1n) is 7.49. The first-order valence-corrected chi connectivity index (χ1v) is 7.89. The number of halogens is 3. The number of anilines is 1. The third kappa shape index (κ3) is 4.71. The molecule has 2 N–H and O–H groups in total. The number of nitrogens with one attached hydrogen (secondary N) is 2. The van der Waals surface area contributed by atoms with E-state index in [0.717, 1.165) is 28.8 Å². The number of alkyl halides is 3. The molecule has 0 bridgehead atoms. The average molecular weight is 352 g/mol. The Morgan fingerprint density at radius 3 is 2.46 bits per heavy atom. The molecule has 0 aliphatic rings. The van der Waals surface area contributed by atoms with E-state index in [1.54, 1.807) is 6.07 Å². The van der Waals surface area contributed by atoms with Crippen molar-refractivity contribution in [2.45, 2.75) is 33.0 Å². The van der Waals surface area contributed by atoms with Gasteiger partial charge in [-0.1, -0.05) is 29.8 Å². The predicted molar refractivity (Wildman–Crippen MR) is 95.1 cm³/mol. The van der Waals surface area contributed by atoms with Crippen LogP contribution in [0.15, 0.2) is 42.5 Å². The molecule has 0 saturated heterocycles. The number of thiocarbonyl (C=S) groups is 1. The number of hydrogen-bond acceptors (Lipinski definition) is 1. The Morgan fingerprint density at radius 2 is 1.79 bits per heavy atom. The van der Waals surface area contributed by atoms with Gasteiger partial charge in [-0.25, -0.2) is 0 Å². The SMILES string of the molecule is Cc1ccc(C)c([C@H](C)NC(=S)Nc2cccc(C(F)(F)F)c2)c1. The fourth-order valence-electron chi connectivity index (χ4n) is 2.44. The summed E-state index contributed by atoms with van der Waals surface area (Å²) in [5, 5.41) is 6.20. The summed E-state index contributed by atoms with van der Waals surface area (Å²) in [7, 11) is 0. The molecule has 0 unspecified atom stereocenters. The molecule has 128 valence electrons. The predicted octanol–water partition coefficient (Wildman–Crippen LogP) is 5.37. The summed E-state index contributed by atoms with van der Waals surface area (Å²) in [4.78, 5) is 0. The van der Waals surface area contributed by atoms with Crippen LogP contribution >= 0.6 is 12.2 Å². The second-order valence-corrected chi connectivity index (χ2v) is 6.17. The molecule has 0 radical (unpaired) electrons. The van der Waals surface area contributed by atoms with Crippen LogP contribution in [-0.2, 0) is 6.18 Å². The van der Waals surface area contributed by atoms with Gasteiger partial charge in [0.2, 0.25) is 0 Å². The normalized spacial score (nSPS) is 12.6. The molecule has 1 atom stereocenters. The molecule has 0 fully saturated rings. The van der Waals surface area contributed by atoms with E-state index >= 15 is 0 Å². The maximum absolute atomic E-state index is 12.7.